The predicted molar refractivity (Wildman–Crippen MR) is 128 cm³/mol. The van der Waals surface area contributed by atoms with Gasteiger partial charge in [-0.2, -0.15) is 5.10 Å². The van der Waals surface area contributed by atoms with Crippen molar-refractivity contribution in [3.8, 4) is 0 Å². The maximum atomic E-state index is 12.7. The molecule has 174 valence electrons. The van der Waals surface area contributed by atoms with E-state index in [4.69, 9.17) is 17.3 Å². The molecule has 0 radical (unpaired) electrons. The van der Waals surface area contributed by atoms with E-state index in [0.717, 1.165) is 25.0 Å². The lowest BCUT2D eigenvalue weighted by atomic mass is 9.81. The van der Waals surface area contributed by atoms with Crippen molar-refractivity contribution in [3.05, 3.63) is 46.2 Å². The van der Waals surface area contributed by atoms with E-state index in [1.54, 1.807) is 36.0 Å². The lowest BCUT2D eigenvalue weighted by molar-refractivity contribution is 0.0940. The van der Waals surface area contributed by atoms with Gasteiger partial charge in [0, 0.05) is 24.7 Å². The third-order valence-corrected chi connectivity index (χ3v) is 6.44. The fraction of sp³-hybridized carbons (Fsp3) is 0.542. The minimum absolute atomic E-state index is 0.155. The Kier molecular flexibility index (Phi) is 7.62. The van der Waals surface area contributed by atoms with Gasteiger partial charge in [0.2, 0.25) is 0 Å². The molecule has 0 spiro atoms. The number of rotatable bonds is 6. The molecule has 1 aliphatic carbocycles. The molecule has 1 aromatic carbocycles. The highest BCUT2D eigenvalue weighted by Gasteiger charge is 2.23. The van der Waals surface area contributed by atoms with Crippen molar-refractivity contribution < 1.29 is 9.59 Å². The normalized spacial score (nSPS) is 18.9. The molecule has 2 atom stereocenters. The Bertz CT molecular complexity index is 979. The summed E-state index contributed by atoms with van der Waals surface area (Å²) < 4.78 is 1.57. The van der Waals surface area contributed by atoms with Crippen LogP contribution in [-0.4, -0.2) is 34.7 Å². The number of amides is 2. The lowest BCUT2D eigenvalue weighted by Crippen LogP contribution is -2.33. The van der Waals surface area contributed by atoms with Crippen molar-refractivity contribution >= 4 is 29.1 Å². The van der Waals surface area contributed by atoms with Crippen molar-refractivity contribution in [2.75, 3.05) is 18.4 Å². The number of nitrogens with two attached hydrogens (primary N) is 1. The van der Waals surface area contributed by atoms with Crippen molar-refractivity contribution in [1.29, 1.82) is 0 Å². The lowest BCUT2D eigenvalue weighted by Gasteiger charge is -2.28. The zero-order chi connectivity index (χ0) is 23.5. The molecular weight excluding hydrogens is 426 g/mol. The Balaban J connectivity index is 1.62. The van der Waals surface area contributed by atoms with Gasteiger partial charge in [0.25, 0.3) is 11.8 Å². The van der Waals surface area contributed by atoms with Gasteiger partial charge in [0.05, 0.1) is 16.3 Å². The van der Waals surface area contributed by atoms with Crippen molar-refractivity contribution in [2.24, 2.45) is 24.6 Å². The Morgan fingerprint density at radius 1 is 1.19 bits per heavy atom. The van der Waals surface area contributed by atoms with E-state index in [2.05, 4.69) is 15.7 Å². The number of aromatic nitrogens is 2. The van der Waals surface area contributed by atoms with Gasteiger partial charge in [-0.05, 0) is 61.9 Å². The van der Waals surface area contributed by atoms with Gasteiger partial charge in [-0.25, -0.2) is 0 Å². The monoisotopic (exact) mass is 459 g/mol. The van der Waals surface area contributed by atoms with Gasteiger partial charge in [-0.3, -0.25) is 14.3 Å². The second kappa shape index (κ2) is 10.0. The quantitative estimate of drug-likeness (QED) is 0.604. The molecular formula is C24H34ClN5O2. The number of carbonyl (C=O) groups excluding carboxylic acids is 2. The number of carbonyl (C=O) groups is 2. The highest BCUT2D eigenvalue weighted by atomic mass is 35.5. The van der Waals surface area contributed by atoms with E-state index in [0.29, 0.717) is 46.9 Å². The van der Waals surface area contributed by atoms with Gasteiger partial charge < -0.3 is 16.4 Å². The highest BCUT2D eigenvalue weighted by molar-refractivity contribution is 6.34. The molecule has 3 rings (SSSR count). The molecule has 2 amide bonds. The fourth-order valence-corrected chi connectivity index (χ4v) is 4.42. The van der Waals surface area contributed by atoms with Gasteiger partial charge in [-0.15, -0.1) is 0 Å². The molecule has 0 saturated heterocycles. The maximum Gasteiger partial charge on any atom is 0.273 e. The summed E-state index contributed by atoms with van der Waals surface area (Å²) in [7, 11) is 1.74. The molecule has 1 fully saturated rings. The van der Waals surface area contributed by atoms with Crippen molar-refractivity contribution in [3.63, 3.8) is 0 Å². The van der Waals surface area contributed by atoms with Crippen molar-refractivity contribution in [1.82, 2.24) is 15.1 Å². The van der Waals surface area contributed by atoms with Crippen LogP contribution < -0.4 is 16.4 Å². The van der Waals surface area contributed by atoms with Crippen LogP contribution in [0.1, 0.15) is 73.0 Å². The first kappa shape index (κ1) is 24.3. The van der Waals surface area contributed by atoms with Gasteiger partial charge >= 0.3 is 0 Å². The summed E-state index contributed by atoms with van der Waals surface area (Å²) in [5, 5.41) is 10.6. The number of nitrogens with one attached hydrogen (secondary N) is 2. The first-order valence-corrected chi connectivity index (χ1v) is 11.6. The van der Waals surface area contributed by atoms with Crippen molar-refractivity contribution in [2.45, 2.75) is 51.9 Å². The van der Waals surface area contributed by atoms with Crippen LogP contribution in [0, 0.1) is 11.8 Å². The number of nitrogens with zero attached hydrogens (tertiary/aromatic N) is 2. The van der Waals surface area contributed by atoms with E-state index >= 15 is 0 Å². The smallest absolute Gasteiger partial charge is 0.273 e. The Hall–Kier alpha value is -2.38. The molecule has 7 nitrogen and oxygen atoms in total. The van der Waals surface area contributed by atoms with E-state index < -0.39 is 0 Å². The number of halogens is 1. The standard InChI is InChI=1S/C24H34ClN5O2/c1-24(2,3)21-12-20(30(4)29-21)23(32)28-17-8-9-18(19(25)11-17)22(31)27-14-16-7-5-6-15(10-16)13-26/h8-9,11-12,15-16H,5-7,10,13-14,26H2,1-4H3,(H,27,31)(H,28,32). The summed E-state index contributed by atoms with van der Waals surface area (Å²) in [6, 6.07) is 6.71. The molecule has 0 bridgehead atoms. The molecule has 1 aliphatic rings. The summed E-state index contributed by atoms with van der Waals surface area (Å²) in [6.45, 7) is 7.47. The van der Waals surface area contributed by atoms with Gasteiger partial charge in [0.15, 0.2) is 0 Å². The summed E-state index contributed by atoms with van der Waals surface area (Å²) in [4.78, 5) is 25.4. The van der Waals surface area contributed by atoms with Crippen LogP contribution >= 0.6 is 11.6 Å². The molecule has 1 heterocycles. The van der Waals surface area contributed by atoms with Crippen LogP contribution in [0.2, 0.25) is 5.02 Å². The van der Waals surface area contributed by atoms with Gasteiger partial charge in [0.1, 0.15) is 5.69 Å². The molecule has 8 heteroatoms. The van der Waals surface area contributed by atoms with Crippen LogP contribution in [-0.2, 0) is 12.5 Å². The first-order chi connectivity index (χ1) is 15.1. The summed E-state index contributed by atoms with van der Waals surface area (Å²) >= 11 is 6.37. The molecule has 1 saturated carbocycles. The summed E-state index contributed by atoms with van der Waals surface area (Å²) in [5.41, 5.74) is 7.86. The number of hydrogen-bond acceptors (Lipinski definition) is 4. The zero-order valence-electron chi connectivity index (χ0n) is 19.4. The van der Waals surface area contributed by atoms with Crippen LogP contribution in [0.15, 0.2) is 24.3 Å². The van der Waals surface area contributed by atoms with E-state index in [9.17, 15) is 9.59 Å². The third-order valence-electron chi connectivity index (χ3n) is 6.13. The summed E-state index contributed by atoms with van der Waals surface area (Å²) in [5.74, 6) is 0.520. The Morgan fingerprint density at radius 3 is 2.53 bits per heavy atom. The SMILES string of the molecule is Cn1nc(C(C)(C)C)cc1C(=O)Nc1ccc(C(=O)NCC2CCCC(CN)C2)c(Cl)c1. The topological polar surface area (TPSA) is 102 Å². The van der Waals surface area contributed by atoms with Crippen LogP contribution in [0.25, 0.3) is 0 Å². The predicted octanol–water partition coefficient (Wildman–Crippen LogP) is 4.12. The first-order valence-electron chi connectivity index (χ1n) is 11.2. The zero-order valence-corrected chi connectivity index (χ0v) is 20.1. The van der Waals surface area contributed by atoms with E-state index in [1.807, 2.05) is 20.8 Å². The minimum atomic E-state index is -0.282. The maximum absolute atomic E-state index is 12.7. The molecule has 32 heavy (non-hydrogen) atoms. The van der Waals surface area contributed by atoms with Crippen LogP contribution in [0.5, 0.6) is 0 Å². The molecule has 4 N–H and O–H groups in total. The molecule has 0 aliphatic heterocycles. The number of anilines is 1. The second-order valence-electron chi connectivity index (χ2n) is 9.78. The molecule has 1 aromatic heterocycles. The van der Waals surface area contributed by atoms with Crippen LogP contribution in [0.3, 0.4) is 0 Å². The Morgan fingerprint density at radius 2 is 1.91 bits per heavy atom. The fourth-order valence-electron chi connectivity index (χ4n) is 4.15. The highest BCUT2D eigenvalue weighted by Crippen LogP contribution is 2.28. The average Bonchev–Trinajstić information content (AvgIpc) is 3.14. The molecule has 2 unspecified atom stereocenters. The number of benzene rings is 1. The average molecular weight is 460 g/mol. The number of aryl methyl sites for hydroxylation is 1. The second-order valence-corrected chi connectivity index (χ2v) is 10.2. The number of hydrogen-bond donors (Lipinski definition) is 3. The largest absolute Gasteiger partial charge is 0.352 e. The minimum Gasteiger partial charge on any atom is -0.352 e. The van der Waals surface area contributed by atoms with E-state index in [-0.39, 0.29) is 17.2 Å². The van der Waals surface area contributed by atoms with Crippen LogP contribution in [0.4, 0.5) is 5.69 Å². The summed E-state index contributed by atoms with van der Waals surface area (Å²) in [6.07, 6.45) is 4.50. The van der Waals surface area contributed by atoms with E-state index in [1.165, 1.54) is 6.42 Å². The third kappa shape index (κ3) is 5.90. The van der Waals surface area contributed by atoms with Gasteiger partial charge in [-0.1, -0.05) is 38.8 Å². The Labute approximate surface area is 195 Å². The molecule has 2 aromatic rings.